The molecule has 3 nitrogen and oxygen atoms in total. The average Bonchev–Trinajstić information content (AvgIpc) is 2.40. The van der Waals surface area contributed by atoms with E-state index in [0.717, 1.165) is 19.2 Å². The summed E-state index contributed by atoms with van der Waals surface area (Å²) in [5.74, 6) is 0. The molecule has 0 aromatic carbocycles. The summed E-state index contributed by atoms with van der Waals surface area (Å²) in [4.78, 5) is 2.59. The number of piperidine rings is 1. The summed E-state index contributed by atoms with van der Waals surface area (Å²) in [6.45, 7) is 8.14. The predicted octanol–water partition coefficient (Wildman–Crippen LogP) is 2.02. The summed E-state index contributed by atoms with van der Waals surface area (Å²) >= 11 is 0. The zero-order chi connectivity index (χ0) is 11.9. The lowest BCUT2D eigenvalue weighted by Crippen LogP contribution is -2.45. The van der Waals surface area contributed by atoms with E-state index in [1.54, 1.807) is 0 Å². The molecule has 100 valence electrons. The molecular weight excluding hydrogens is 212 g/mol. The normalized spacial score (nSPS) is 28.4. The highest BCUT2D eigenvalue weighted by atomic mass is 16.5. The SMILES string of the molecule is CCCN1CCC(NCC2CCCCO2)CC1. The van der Waals surface area contributed by atoms with E-state index in [9.17, 15) is 0 Å². The maximum atomic E-state index is 5.76. The smallest absolute Gasteiger partial charge is 0.0699 e. The van der Waals surface area contributed by atoms with Gasteiger partial charge in [-0.05, 0) is 58.2 Å². The Bertz CT molecular complexity index is 196. The summed E-state index contributed by atoms with van der Waals surface area (Å²) in [6.07, 6.45) is 8.25. The monoisotopic (exact) mass is 240 g/mol. The summed E-state index contributed by atoms with van der Waals surface area (Å²) in [7, 11) is 0. The third-order valence-electron chi connectivity index (χ3n) is 4.04. The second-order valence-corrected chi connectivity index (χ2v) is 5.51. The van der Waals surface area contributed by atoms with E-state index >= 15 is 0 Å². The van der Waals surface area contributed by atoms with Gasteiger partial charge >= 0.3 is 0 Å². The van der Waals surface area contributed by atoms with Gasteiger partial charge in [-0.2, -0.15) is 0 Å². The Balaban J connectivity index is 1.57. The fourth-order valence-corrected chi connectivity index (χ4v) is 2.94. The lowest BCUT2D eigenvalue weighted by atomic mass is 10.0. The molecule has 1 N–H and O–H groups in total. The minimum Gasteiger partial charge on any atom is -0.377 e. The van der Waals surface area contributed by atoms with Crippen molar-refractivity contribution in [1.29, 1.82) is 0 Å². The molecule has 2 fully saturated rings. The van der Waals surface area contributed by atoms with E-state index in [1.807, 2.05) is 0 Å². The summed E-state index contributed by atoms with van der Waals surface area (Å²) < 4.78 is 5.76. The van der Waals surface area contributed by atoms with Gasteiger partial charge in [0, 0.05) is 19.2 Å². The molecule has 0 saturated carbocycles. The molecule has 0 aliphatic carbocycles. The van der Waals surface area contributed by atoms with Crippen molar-refractivity contribution < 1.29 is 4.74 Å². The number of nitrogens with zero attached hydrogens (tertiary/aromatic N) is 1. The van der Waals surface area contributed by atoms with Crippen LogP contribution in [0.5, 0.6) is 0 Å². The molecule has 2 aliphatic rings. The maximum absolute atomic E-state index is 5.76. The van der Waals surface area contributed by atoms with Gasteiger partial charge < -0.3 is 15.0 Å². The molecule has 2 aliphatic heterocycles. The molecule has 0 aromatic rings. The Morgan fingerprint density at radius 1 is 1.18 bits per heavy atom. The number of nitrogens with one attached hydrogen (secondary N) is 1. The van der Waals surface area contributed by atoms with Crippen molar-refractivity contribution in [2.24, 2.45) is 0 Å². The Morgan fingerprint density at radius 3 is 2.65 bits per heavy atom. The fourth-order valence-electron chi connectivity index (χ4n) is 2.94. The molecule has 0 bridgehead atoms. The second kappa shape index (κ2) is 7.34. The summed E-state index contributed by atoms with van der Waals surface area (Å²) in [5, 5.41) is 3.70. The standard InChI is InChI=1S/C14H28N2O/c1-2-8-16-9-6-13(7-10-16)15-12-14-5-3-4-11-17-14/h13-15H,2-12H2,1H3. The second-order valence-electron chi connectivity index (χ2n) is 5.51. The van der Waals surface area contributed by atoms with Crippen LogP contribution >= 0.6 is 0 Å². The minimum atomic E-state index is 0.484. The van der Waals surface area contributed by atoms with Crippen LogP contribution in [0.2, 0.25) is 0 Å². The first-order chi connectivity index (χ1) is 8.38. The van der Waals surface area contributed by atoms with Crippen molar-refractivity contribution in [1.82, 2.24) is 10.2 Å². The number of likely N-dealkylation sites (tertiary alicyclic amines) is 1. The molecule has 0 amide bonds. The van der Waals surface area contributed by atoms with Gasteiger partial charge in [0.2, 0.25) is 0 Å². The van der Waals surface area contributed by atoms with E-state index in [2.05, 4.69) is 17.1 Å². The van der Waals surface area contributed by atoms with E-state index in [4.69, 9.17) is 4.74 Å². The Hall–Kier alpha value is -0.120. The van der Waals surface area contributed by atoms with Crippen LogP contribution in [-0.2, 0) is 4.74 Å². The summed E-state index contributed by atoms with van der Waals surface area (Å²) in [5.41, 5.74) is 0. The van der Waals surface area contributed by atoms with Gasteiger partial charge in [-0.15, -0.1) is 0 Å². The zero-order valence-electron chi connectivity index (χ0n) is 11.3. The largest absolute Gasteiger partial charge is 0.377 e. The molecule has 1 unspecified atom stereocenters. The highest BCUT2D eigenvalue weighted by Crippen LogP contribution is 2.14. The van der Waals surface area contributed by atoms with Crippen molar-refractivity contribution in [3.63, 3.8) is 0 Å². The van der Waals surface area contributed by atoms with Crippen LogP contribution in [0.1, 0.15) is 45.4 Å². The van der Waals surface area contributed by atoms with Crippen LogP contribution in [0.15, 0.2) is 0 Å². The zero-order valence-corrected chi connectivity index (χ0v) is 11.3. The lowest BCUT2D eigenvalue weighted by molar-refractivity contribution is 0.0139. The van der Waals surface area contributed by atoms with Gasteiger partial charge in [0.1, 0.15) is 0 Å². The predicted molar refractivity (Wildman–Crippen MR) is 71.3 cm³/mol. The van der Waals surface area contributed by atoms with Crippen molar-refractivity contribution in [2.45, 2.75) is 57.6 Å². The van der Waals surface area contributed by atoms with Gasteiger partial charge in [0.05, 0.1) is 6.10 Å². The van der Waals surface area contributed by atoms with Crippen molar-refractivity contribution >= 4 is 0 Å². The molecule has 17 heavy (non-hydrogen) atoms. The molecule has 0 radical (unpaired) electrons. The Morgan fingerprint density at radius 2 is 2.00 bits per heavy atom. The van der Waals surface area contributed by atoms with Crippen molar-refractivity contribution in [2.75, 3.05) is 32.8 Å². The van der Waals surface area contributed by atoms with Gasteiger partial charge in [-0.1, -0.05) is 6.92 Å². The van der Waals surface area contributed by atoms with E-state index in [-0.39, 0.29) is 0 Å². The highest BCUT2D eigenvalue weighted by Gasteiger charge is 2.20. The lowest BCUT2D eigenvalue weighted by Gasteiger charge is -2.33. The fraction of sp³-hybridized carbons (Fsp3) is 1.00. The third-order valence-corrected chi connectivity index (χ3v) is 4.04. The quantitative estimate of drug-likeness (QED) is 0.795. The first kappa shape index (κ1) is 13.3. The molecule has 2 rings (SSSR count). The van der Waals surface area contributed by atoms with Gasteiger partial charge in [-0.25, -0.2) is 0 Å². The average molecular weight is 240 g/mol. The van der Waals surface area contributed by atoms with E-state index in [1.165, 1.54) is 58.2 Å². The van der Waals surface area contributed by atoms with Crippen LogP contribution in [-0.4, -0.2) is 49.8 Å². The first-order valence-electron chi connectivity index (χ1n) is 7.46. The van der Waals surface area contributed by atoms with Crippen molar-refractivity contribution in [3.8, 4) is 0 Å². The van der Waals surface area contributed by atoms with Crippen LogP contribution in [0.3, 0.4) is 0 Å². The van der Waals surface area contributed by atoms with E-state index in [0.29, 0.717) is 6.10 Å². The number of ether oxygens (including phenoxy) is 1. The molecule has 3 heteroatoms. The summed E-state index contributed by atoms with van der Waals surface area (Å²) in [6, 6.07) is 0.730. The van der Waals surface area contributed by atoms with Crippen LogP contribution < -0.4 is 5.32 Å². The topological polar surface area (TPSA) is 24.5 Å². The molecule has 2 heterocycles. The minimum absolute atomic E-state index is 0.484. The van der Waals surface area contributed by atoms with Crippen molar-refractivity contribution in [3.05, 3.63) is 0 Å². The Kier molecular flexibility index (Phi) is 5.75. The Labute approximate surface area is 106 Å². The van der Waals surface area contributed by atoms with Gasteiger partial charge in [0.25, 0.3) is 0 Å². The molecule has 0 spiro atoms. The maximum Gasteiger partial charge on any atom is 0.0699 e. The molecule has 1 atom stereocenters. The number of hydrogen-bond acceptors (Lipinski definition) is 3. The van der Waals surface area contributed by atoms with Crippen LogP contribution in [0, 0.1) is 0 Å². The number of rotatable bonds is 5. The highest BCUT2D eigenvalue weighted by molar-refractivity contribution is 4.78. The van der Waals surface area contributed by atoms with E-state index < -0.39 is 0 Å². The van der Waals surface area contributed by atoms with Crippen LogP contribution in [0.4, 0.5) is 0 Å². The molecular formula is C14H28N2O. The molecule has 2 saturated heterocycles. The van der Waals surface area contributed by atoms with Gasteiger partial charge in [-0.3, -0.25) is 0 Å². The third kappa shape index (κ3) is 4.57. The number of hydrogen-bond donors (Lipinski definition) is 1. The van der Waals surface area contributed by atoms with Gasteiger partial charge in [0.15, 0.2) is 0 Å². The molecule has 0 aromatic heterocycles. The first-order valence-corrected chi connectivity index (χ1v) is 7.46. The van der Waals surface area contributed by atoms with Crippen LogP contribution in [0.25, 0.3) is 0 Å².